The average molecular weight is 353 g/mol. The molecule has 3 heterocycles. The van der Waals surface area contributed by atoms with E-state index >= 15 is 0 Å². The molecular formula is C20H23N3O3. The molecule has 2 fully saturated rings. The topological polar surface area (TPSA) is 54.9 Å². The third-order valence-electron chi connectivity index (χ3n) is 5.10. The van der Waals surface area contributed by atoms with Gasteiger partial charge in [-0.2, -0.15) is 0 Å². The van der Waals surface area contributed by atoms with Crippen LogP contribution < -0.4 is 4.74 Å². The van der Waals surface area contributed by atoms with Gasteiger partial charge in [-0.25, -0.2) is 0 Å². The summed E-state index contributed by atoms with van der Waals surface area (Å²) in [5.41, 5.74) is 2.28. The summed E-state index contributed by atoms with van der Waals surface area (Å²) in [5.74, 6) is 0.883. The molecule has 0 bridgehead atoms. The van der Waals surface area contributed by atoms with Crippen LogP contribution in [-0.4, -0.2) is 59.6 Å². The van der Waals surface area contributed by atoms with E-state index in [4.69, 9.17) is 9.47 Å². The Hall–Kier alpha value is -2.44. The molecule has 26 heavy (non-hydrogen) atoms. The van der Waals surface area contributed by atoms with Crippen molar-refractivity contribution < 1.29 is 14.3 Å². The molecular weight excluding hydrogens is 330 g/mol. The molecule has 6 nitrogen and oxygen atoms in total. The molecule has 2 aliphatic heterocycles. The van der Waals surface area contributed by atoms with Gasteiger partial charge in [0, 0.05) is 38.6 Å². The van der Waals surface area contributed by atoms with E-state index in [2.05, 4.69) is 16.0 Å². The van der Waals surface area contributed by atoms with E-state index in [1.807, 2.05) is 41.4 Å². The molecule has 4 rings (SSSR count). The third-order valence-corrected chi connectivity index (χ3v) is 5.10. The van der Waals surface area contributed by atoms with Gasteiger partial charge in [0.2, 0.25) is 5.91 Å². The molecule has 136 valence electrons. The van der Waals surface area contributed by atoms with Crippen molar-refractivity contribution in [1.82, 2.24) is 14.8 Å². The highest BCUT2D eigenvalue weighted by Crippen LogP contribution is 2.26. The van der Waals surface area contributed by atoms with Crippen LogP contribution in [-0.2, 0) is 22.6 Å². The summed E-state index contributed by atoms with van der Waals surface area (Å²) in [6.07, 6.45) is 3.75. The maximum absolute atomic E-state index is 12.5. The van der Waals surface area contributed by atoms with Crippen LogP contribution in [0.3, 0.4) is 0 Å². The van der Waals surface area contributed by atoms with Crippen molar-refractivity contribution >= 4 is 5.91 Å². The SMILES string of the molecule is COc1ccc(CN2C(=O)CO[C@H]3CN(Cc4cccnc4)C[C@H]32)cc1. The Balaban J connectivity index is 1.45. The predicted molar refractivity (Wildman–Crippen MR) is 96.6 cm³/mol. The number of fused-ring (bicyclic) bond motifs is 1. The van der Waals surface area contributed by atoms with Gasteiger partial charge < -0.3 is 14.4 Å². The normalized spacial score (nSPS) is 23.1. The Morgan fingerprint density at radius 2 is 2.00 bits per heavy atom. The van der Waals surface area contributed by atoms with Crippen LogP contribution in [0.15, 0.2) is 48.8 Å². The molecule has 0 radical (unpaired) electrons. The zero-order valence-corrected chi connectivity index (χ0v) is 14.9. The van der Waals surface area contributed by atoms with Crippen LogP contribution in [0.5, 0.6) is 5.75 Å². The molecule has 2 aliphatic rings. The van der Waals surface area contributed by atoms with Crippen molar-refractivity contribution in [3.63, 3.8) is 0 Å². The van der Waals surface area contributed by atoms with E-state index in [1.165, 1.54) is 5.56 Å². The monoisotopic (exact) mass is 353 g/mol. The van der Waals surface area contributed by atoms with E-state index in [9.17, 15) is 4.79 Å². The lowest BCUT2D eigenvalue weighted by Crippen LogP contribution is -2.53. The van der Waals surface area contributed by atoms with Gasteiger partial charge in [-0.3, -0.25) is 14.7 Å². The van der Waals surface area contributed by atoms with Crippen LogP contribution in [0.1, 0.15) is 11.1 Å². The number of hydrogen-bond acceptors (Lipinski definition) is 5. The summed E-state index contributed by atoms with van der Waals surface area (Å²) in [6, 6.07) is 12.0. The highest BCUT2D eigenvalue weighted by molar-refractivity contribution is 5.78. The Kier molecular flexibility index (Phi) is 4.86. The molecule has 0 saturated carbocycles. The van der Waals surface area contributed by atoms with Gasteiger partial charge in [0.15, 0.2) is 0 Å². The fourth-order valence-corrected chi connectivity index (χ4v) is 3.75. The van der Waals surface area contributed by atoms with Gasteiger partial charge in [-0.05, 0) is 29.3 Å². The molecule has 0 spiro atoms. The van der Waals surface area contributed by atoms with E-state index in [-0.39, 0.29) is 24.7 Å². The van der Waals surface area contributed by atoms with E-state index in [0.29, 0.717) is 6.54 Å². The van der Waals surface area contributed by atoms with Crippen molar-refractivity contribution in [2.75, 3.05) is 26.8 Å². The lowest BCUT2D eigenvalue weighted by molar-refractivity contribution is -0.153. The average Bonchev–Trinajstić information content (AvgIpc) is 3.08. The fourth-order valence-electron chi connectivity index (χ4n) is 3.75. The van der Waals surface area contributed by atoms with Crippen LogP contribution in [0, 0.1) is 0 Å². The minimum absolute atomic E-state index is 0.0605. The molecule has 1 aromatic heterocycles. The van der Waals surface area contributed by atoms with Crippen LogP contribution in [0.4, 0.5) is 0 Å². The number of carbonyl (C=O) groups excluding carboxylic acids is 1. The molecule has 2 saturated heterocycles. The van der Waals surface area contributed by atoms with Crippen molar-refractivity contribution in [3.8, 4) is 5.75 Å². The number of methoxy groups -OCH3 is 1. The molecule has 1 aromatic carbocycles. The second-order valence-electron chi connectivity index (χ2n) is 6.84. The minimum Gasteiger partial charge on any atom is -0.497 e. The third kappa shape index (κ3) is 3.57. The highest BCUT2D eigenvalue weighted by atomic mass is 16.5. The highest BCUT2D eigenvalue weighted by Gasteiger charge is 2.42. The van der Waals surface area contributed by atoms with Gasteiger partial charge in [0.1, 0.15) is 12.4 Å². The number of benzene rings is 1. The molecule has 0 unspecified atom stereocenters. The summed E-state index contributed by atoms with van der Waals surface area (Å²) >= 11 is 0. The zero-order valence-electron chi connectivity index (χ0n) is 14.9. The molecule has 6 heteroatoms. The zero-order chi connectivity index (χ0) is 17.9. The summed E-state index contributed by atoms with van der Waals surface area (Å²) < 4.78 is 11.0. The molecule has 2 aromatic rings. The lowest BCUT2D eigenvalue weighted by atomic mass is 10.1. The molecule has 0 aliphatic carbocycles. The maximum Gasteiger partial charge on any atom is 0.249 e. The van der Waals surface area contributed by atoms with Crippen molar-refractivity contribution in [2.24, 2.45) is 0 Å². The van der Waals surface area contributed by atoms with Crippen LogP contribution >= 0.6 is 0 Å². The van der Waals surface area contributed by atoms with Gasteiger partial charge >= 0.3 is 0 Å². The fraction of sp³-hybridized carbons (Fsp3) is 0.400. The Labute approximate surface area is 153 Å². The van der Waals surface area contributed by atoms with Crippen molar-refractivity contribution in [1.29, 1.82) is 0 Å². The molecule has 2 atom stereocenters. The number of carbonyl (C=O) groups is 1. The van der Waals surface area contributed by atoms with Gasteiger partial charge in [0.25, 0.3) is 0 Å². The molecule has 0 N–H and O–H groups in total. The Morgan fingerprint density at radius 3 is 2.73 bits per heavy atom. The first-order chi connectivity index (χ1) is 12.7. The summed E-state index contributed by atoms with van der Waals surface area (Å²) in [6.45, 7) is 3.26. The number of nitrogens with zero attached hydrogens (tertiary/aromatic N) is 3. The largest absolute Gasteiger partial charge is 0.497 e. The summed E-state index contributed by atoms with van der Waals surface area (Å²) in [7, 11) is 1.65. The molecule has 1 amide bonds. The number of aromatic nitrogens is 1. The van der Waals surface area contributed by atoms with Crippen LogP contribution in [0.2, 0.25) is 0 Å². The first kappa shape index (κ1) is 17.0. The second kappa shape index (κ2) is 7.43. The van der Waals surface area contributed by atoms with Gasteiger partial charge in [-0.15, -0.1) is 0 Å². The maximum atomic E-state index is 12.5. The predicted octanol–water partition coefficient (Wildman–Crippen LogP) is 1.70. The van der Waals surface area contributed by atoms with Gasteiger partial charge in [0.05, 0.1) is 19.3 Å². The summed E-state index contributed by atoms with van der Waals surface area (Å²) in [4.78, 5) is 21.0. The quantitative estimate of drug-likeness (QED) is 0.819. The number of pyridine rings is 1. The van der Waals surface area contributed by atoms with Crippen LogP contribution in [0.25, 0.3) is 0 Å². The van der Waals surface area contributed by atoms with Crippen molar-refractivity contribution in [3.05, 3.63) is 59.9 Å². The number of ether oxygens (including phenoxy) is 2. The van der Waals surface area contributed by atoms with E-state index in [0.717, 1.165) is 30.9 Å². The first-order valence-electron chi connectivity index (χ1n) is 8.88. The Morgan fingerprint density at radius 1 is 1.15 bits per heavy atom. The number of morpholine rings is 1. The number of likely N-dealkylation sites (tertiary alicyclic amines) is 1. The van der Waals surface area contributed by atoms with Gasteiger partial charge in [-0.1, -0.05) is 18.2 Å². The first-order valence-corrected chi connectivity index (χ1v) is 8.88. The Bertz CT molecular complexity index is 751. The van der Waals surface area contributed by atoms with E-state index < -0.39 is 0 Å². The minimum atomic E-state index is 0.0605. The second-order valence-corrected chi connectivity index (χ2v) is 6.84. The number of rotatable bonds is 5. The standard InChI is InChI=1S/C20H23N3O3/c1-25-17-6-4-15(5-7-17)11-23-18-12-22(10-16-3-2-8-21-9-16)13-19(18)26-14-20(23)24/h2-9,18-19H,10-14H2,1H3/t18-,19+/m1/s1. The van der Waals surface area contributed by atoms with Crippen molar-refractivity contribution in [2.45, 2.75) is 25.2 Å². The number of hydrogen-bond donors (Lipinski definition) is 0. The lowest BCUT2D eigenvalue weighted by Gasteiger charge is -2.36. The van der Waals surface area contributed by atoms with E-state index in [1.54, 1.807) is 13.3 Å². The number of amides is 1. The summed E-state index contributed by atoms with van der Waals surface area (Å²) in [5, 5.41) is 0. The smallest absolute Gasteiger partial charge is 0.249 e.